The second kappa shape index (κ2) is 3.96. The van der Waals surface area contributed by atoms with E-state index < -0.39 is 5.82 Å². The minimum absolute atomic E-state index is 0.413. The van der Waals surface area contributed by atoms with Crippen LogP contribution in [0.15, 0.2) is 36.9 Å². The third-order valence-corrected chi connectivity index (χ3v) is 1.93. The number of hydrogen-bond donors (Lipinski definition) is 0. The van der Waals surface area contributed by atoms with Gasteiger partial charge in [0.25, 0.3) is 0 Å². The van der Waals surface area contributed by atoms with Gasteiger partial charge >= 0.3 is 0 Å². The third kappa shape index (κ3) is 2.04. The van der Waals surface area contributed by atoms with E-state index >= 15 is 0 Å². The van der Waals surface area contributed by atoms with E-state index in [9.17, 15) is 9.18 Å². The van der Waals surface area contributed by atoms with Gasteiger partial charge in [-0.25, -0.2) is 4.39 Å². The molecule has 15 heavy (non-hydrogen) atoms. The Morgan fingerprint density at radius 2 is 1.67 bits per heavy atom. The molecule has 0 atom stereocenters. The molecule has 0 saturated heterocycles. The van der Waals surface area contributed by atoms with E-state index in [0.717, 1.165) is 6.20 Å². The van der Waals surface area contributed by atoms with Crippen LogP contribution in [0, 0.1) is 5.82 Å². The van der Waals surface area contributed by atoms with Gasteiger partial charge in [0.1, 0.15) is 5.82 Å². The number of halogens is 1. The molecule has 0 aliphatic heterocycles. The molecule has 0 aliphatic carbocycles. The summed E-state index contributed by atoms with van der Waals surface area (Å²) in [6, 6.07) is 2.98. The minimum atomic E-state index is -0.413. The highest BCUT2D eigenvalue weighted by atomic mass is 19.1. The van der Waals surface area contributed by atoms with Gasteiger partial charge in [0.05, 0.1) is 6.20 Å². The van der Waals surface area contributed by atoms with Crippen molar-refractivity contribution >= 4 is 6.29 Å². The Bertz CT molecular complexity index is 499. The normalized spacial score (nSPS) is 9.93. The quantitative estimate of drug-likeness (QED) is 0.700. The van der Waals surface area contributed by atoms with Crippen LogP contribution in [0.4, 0.5) is 4.39 Å². The molecule has 0 unspecified atom stereocenters. The molecule has 74 valence electrons. The maximum Gasteiger partial charge on any atom is 0.151 e. The van der Waals surface area contributed by atoms with Crippen LogP contribution in [-0.2, 0) is 0 Å². The lowest BCUT2D eigenvalue weighted by Gasteiger charge is -2.00. The van der Waals surface area contributed by atoms with Crippen molar-refractivity contribution in [1.82, 2.24) is 9.97 Å². The van der Waals surface area contributed by atoms with E-state index in [-0.39, 0.29) is 0 Å². The molecule has 0 radical (unpaired) electrons. The van der Waals surface area contributed by atoms with Crippen LogP contribution in [-0.4, -0.2) is 16.3 Å². The first kappa shape index (κ1) is 9.45. The Morgan fingerprint density at radius 3 is 2.33 bits per heavy atom. The minimum Gasteiger partial charge on any atom is -0.298 e. The lowest BCUT2D eigenvalue weighted by molar-refractivity contribution is 0.112. The Balaban J connectivity index is 2.49. The number of nitrogens with zero attached hydrogens (tertiary/aromatic N) is 2. The van der Waals surface area contributed by atoms with Gasteiger partial charge in [0, 0.05) is 35.3 Å². The van der Waals surface area contributed by atoms with Gasteiger partial charge < -0.3 is 0 Å². The summed E-state index contributed by atoms with van der Waals surface area (Å²) in [7, 11) is 0. The molecule has 4 heteroatoms. The van der Waals surface area contributed by atoms with Crippen molar-refractivity contribution in [3.05, 3.63) is 48.3 Å². The molecule has 0 saturated carbocycles. The topological polar surface area (TPSA) is 42.9 Å². The SMILES string of the molecule is O=Cc1cncc(-c2cncc(F)c2)c1. The standard InChI is InChI=1S/C11H7FN2O/c12-11-2-10(5-14-6-11)9-1-8(7-15)3-13-4-9/h1-7H. The Labute approximate surface area is 85.6 Å². The molecular formula is C11H7FN2O. The fourth-order valence-corrected chi connectivity index (χ4v) is 1.25. The summed E-state index contributed by atoms with van der Waals surface area (Å²) >= 11 is 0. The van der Waals surface area contributed by atoms with E-state index in [4.69, 9.17) is 0 Å². The molecular weight excluding hydrogens is 195 g/mol. The van der Waals surface area contributed by atoms with Crippen molar-refractivity contribution in [2.24, 2.45) is 0 Å². The second-order valence-electron chi connectivity index (χ2n) is 3.02. The zero-order valence-corrected chi connectivity index (χ0v) is 7.72. The van der Waals surface area contributed by atoms with Gasteiger partial charge in [-0.15, -0.1) is 0 Å². The number of hydrogen-bond acceptors (Lipinski definition) is 3. The Kier molecular flexibility index (Phi) is 2.49. The summed E-state index contributed by atoms with van der Waals surface area (Å²) in [5.74, 6) is -0.413. The van der Waals surface area contributed by atoms with Crippen molar-refractivity contribution < 1.29 is 9.18 Å². The number of aldehydes is 1. The predicted molar refractivity (Wildman–Crippen MR) is 52.8 cm³/mol. The average Bonchev–Trinajstić information content (AvgIpc) is 2.29. The number of aromatic nitrogens is 2. The van der Waals surface area contributed by atoms with Crippen LogP contribution in [0.25, 0.3) is 11.1 Å². The van der Waals surface area contributed by atoms with Gasteiger partial charge in [-0.2, -0.15) is 0 Å². The molecule has 0 bridgehead atoms. The van der Waals surface area contributed by atoms with Crippen LogP contribution in [0.1, 0.15) is 10.4 Å². The van der Waals surface area contributed by atoms with Crippen molar-refractivity contribution in [1.29, 1.82) is 0 Å². The van der Waals surface area contributed by atoms with Crippen LogP contribution in [0.5, 0.6) is 0 Å². The summed E-state index contributed by atoms with van der Waals surface area (Å²) in [5.41, 5.74) is 1.73. The lowest BCUT2D eigenvalue weighted by Crippen LogP contribution is -1.87. The van der Waals surface area contributed by atoms with Crippen LogP contribution < -0.4 is 0 Å². The van der Waals surface area contributed by atoms with Crippen molar-refractivity contribution in [2.75, 3.05) is 0 Å². The van der Waals surface area contributed by atoms with Crippen molar-refractivity contribution in [2.45, 2.75) is 0 Å². The zero-order chi connectivity index (χ0) is 10.7. The third-order valence-electron chi connectivity index (χ3n) is 1.93. The summed E-state index contributed by atoms with van der Waals surface area (Å²) in [5, 5.41) is 0. The highest BCUT2D eigenvalue weighted by Crippen LogP contribution is 2.18. The average molecular weight is 202 g/mol. The molecule has 0 spiro atoms. The van der Waals surface area contributed by atoms with Gasteiger partial charge in [0.2, 0.25) is 0 Å². The van der Waals surface area contributed by atoms with Crippen molar-refractivity contribution in [3.63, 3.8) is 0 Å². The number of carbonyl (C=O) groups excluding carboxylic acids is 1. The maximum atomic E-state index is 12.9. The highest BCUT2D eigenvalue weighted by Gasteiger charge is 2.01. The predicted octanol–water partition coefficient (Wildman–Crippen LogP) is 2.10. The zero-order valence-electron chi connectivity index (χ0n) is 7.72. The molecule has 0 fully saturated rings. The Morgan fingerprint density at radius 1 is 1.00 bits per heavy atom. The first-order valence-electron chi connectivity index (χ1n) is 4.31. The summed E-state index contributed by atoms with van der Waals surface area (Å²) in [4.78, 5) is 18.1. The van der Waals surface area contributed by atoms with Gasteiger partial charge in [-0.3, -0.25) is 14.8 Å². The maximum absolute atomic E-state index is 12.9. The molecule has 2 aromatic heterocycles. The fourth-order valence-electron chi connectivity index (χ4n) is 1.25. The smallest absolute Gasteiger partial charge is 0.151 e. The molecule has 0 N–H and O–H groups in total. The van der Waals surface area contributed by atoms with E-state index in [2.05, 4.69) is 9.97 Å². The summed E-state index contributed by atoms with van der Waals surface area (Å²) in [6.07, 6.45) is 6.35. The fraction of sp³-hybridized carbons (Fsp3) is 0. The van der Waals surface area contributed by atoms with Gasteiger partial charge in [0.15, 0.2) is 6.29 Å². The van der Waals surface area contributed by atoms with E-state index in [1.807, 2.05) is 0 Å². The van der Waals surface area contributed by atoms with E-state index in [1.165, 1.54) is 18.5 Å². The van der Waals surface area contributed by atoms with Crippen LogP contribution in [0.3, 0.4) is 0 Å². The monoisotopic (exact) mass is 202 g/mol. The molecule has 2 heterocycles. The first-order valence-corrected chi connectivity index (χ1v) is 4.31. The first-order chi connectivity index (χ1) is 7.29. The molecule has 0 amide bonds. The second-order valence-corrected chi connectivity index (χ2v) is 3.02. The van der Waals surface area contributed by atoms with Crippen LogP contribution in [0.2, 0.25) is 0 Å². The lowest BCUT2D eigenvalue weighted by atomic mass is 10.1. The summed E-state index contributed by atoms with van der Waals surface area (Å²) in [6.45, 7) is 0. The van der Waals surface area contributed by atoms with Crippen LogP contribution >= 0.6 is 0 Å². The van der Waals surface area contributed by atoms with Crippen molar-refractivity contribution in [3.8, 4) is 11.1 Å². The number of pyridine rings is 2. The number of rotatable bonds is 2. The largest absolute Gasteiger partial charge is 0.298 e. The van der Waals surface area contributed by atoms with Gasteiger partial charge in [-0.05, 0) is 12.1 Å². The molecule has 0 aromatic carbocycles. The van der Waals surface area contributed by atoms with E-state index in [1.54, 1.807) is 12.3 Å². The summed E-state index contributed by atoms with van der Waals surface area (Å²) < 4.78 is 12.9. The number of carbonyl (C=O) groups is 1. The highest BCUT2D eigenvalue weighted by molar-refractivity contribution is 5.77. The van der Waals surface area contributed by atoms with E-state index in [0.29, 0.717) is 23.0 Å². The molecule has 2 aromatic rings. The molecule has 3 nitrogen and oxygen atoms in total. The molecule has 2 rings (SSSR count). The Hall–Kier alpha value is -2.10. The molecule has 0 aliphatic rings. The van der Waals surface area contributed by atoms with Gasteiger partial charge in [-0.1, -0.05) is 0 Å².